The molecule has 11 heteroatoms. The second-order valence-corrected chi connectivity index (χ2v) is 11.0. The highest BCUT2D eigenvalue weighted by atomic mass is 32.2. The minimum atomic E-state index is -0.592. The van der Waals surface area contributed by atoms with Crippen LogP contribution in [0.3, 0.4) is 0 Å². The van der Waals surface area contributed by atoms with E-state index in [-0.39, 0.29) is 18.2 Å². The topological polar surface area (TPSA) is 101 Å². The monoisotopic (exact) mass is 590 g/mol. The zero-order chi connectivity index (χ0) is 29.8. The van der Waals surface area contributed by atoms with Crippen LogP contribution in [-0.4, -0.2) is 78.0 Å². The second-order valence-electron chi connectivity index (χ2n) is 10.1. The van der Waals surface area contributed by atoms with E-state index in [1.807, 2.05) is 58.8 Å². The smallest absolute Gasteiger partial charge is 0.338 e. The summed E-state index contributed by atoms with van der Waals surface area (Å²) < 4.78 is 17.0. The molecule has 1 fully saturated rings. The van der Waals surface area contributed by atoms with E-state index in [0.29, 0.717) is 60.7 Å². The number of benzene rings is 2. The molecule has 1 atom stereocenters. The lowest BCUT2D eigenvalue weighted by Gasteiger charge is -2.37. The molecule has 42 heavy (non-hydrogen) atoms. The van der Waals surface area contributed by atoms with Crippen LogP contribution in [0.15, 0.2) is 75.9 Å². The summed E-state index contributed by atoms with van der Waals surface area (Å²) in [4.78, 5) is 48.4. The predicted octanol–water partition coefficient (Wildman–Crippen LogP) is 4.10. The van der Waals surface area contributed by atoms with Crippen molar-refractivity contribution in [2.75, 3.05) is 40.4 Å². The quantitative estimate of drug-likeness (QED) is 0.424. The molecule has 1 saturated heterocycles. The molecule has 2 aromatic carbocycles. The van der Waals surface area contributed by atoms with E-state index in [0.717, 1.165) is 16.8 Å². The third-order valence-corrected chi connectivity index (χ3v) is 8.45. The Labute approximate surface area is 249 Å². The van der Waals surface area contributed by atoms with Crippen molar-refractivity contribution in [2.45, 2.75) is 32.9 Å². The summed E-state index contributed by atoms with van der Waals surface area (Å²) in [6.07, 6.45) is 0.130. The summed E-state index contributed by atoms with van der Waals surface area (Å²) in [7, 11) is 2.92. The van der Waals surface area contributed by atoms with E-state index < -0.39 is 12.0 Å². The summed E-state index contributed by atoms with van der Waals surface area (Å²) in [6, 6.07) is 14.8. The van der Waals surface area contributed by atoms with Gasteiger partial charge in [-0.2, -0.15) is 0 Å². The molecule has 0 aromatic heterocycles. The van der Waals surface area contributed by atoms with Gasteiger partial charge in [0.2, 0.25) is 11.8 Å². The molecule has 0 saturated carbocycles. The minimum absolute atomic E-state index is 0.0124. The number of carbonyl (C=O) groups is 3. The van der Waals surface area contributed by atoms with Gasteiger partial charge in [-0.15, -0.1) is 0 Å². The fourth-order valence-electron chi connectivity index (χ4n) is 5.30. The molecule has 3 aliphatic heterocycles. The summed E-state index contributed by atoms with van der Waals surface area (Å²) in [5.74, 6) is 0.566. The van der Waals surface area contributed by atoms with Crippen molar-refractivity contribution in [1.82, 2.24) is 14.7 Å². The molecular weight excluding hydrogens is 556 g/mol. The number of hydrogen-bond donors (Lipinski definition) is 0. The molecule has 0 radical (unpaired) electrons. The van der Waals surface area contributed by atoms with Gasteiger partial charge in [-0.3, -0.25) is 9.59 Å². The Kier molecular flexibility index (Phi) is 8.86. The van der Waals surface area contributed by atoms with Crippen LogP contribution in [0.25, 0.3) is 0 Å². The zero-order valence-corrected chi connectivity index (χ0v) is 25.0. The molecule has 0 aliphatic carbocycles. The van der Waals surface area contributed by atoms with E-state index >= 15 is 0 Å². The number of carbonyl (C=O) groups excluding carboxylic acids is 3. The van der Waals surface area contributed by atoms with E-state index in [2.05, 4.69) is 0 Å². The van der Waals surface area contributed by atoms with Gasteiger partial charge in [-0.05, 0) is 35.6 Å². The molecule has 0 spiro atoms. The first-order chi connectivity index (χ1) is 20.3. The summed E-state index contributed by atoms with van der Waals surface area (Å²) >= 11 is 1.42. The van der Waals surface area contributed by atoms with Crippen molar-refractivity contribution >= 4 is 34.7 Å². The van der Waals surface area contributed by atoms with Gasteiger partial charge in [-0.25, -0.2) is 9.79 Å². The average Bonchev–Trinajstić information content (AvgIpc) is 3.40. The first-order valence-corrected chi connectivity index (χ1v) is 14.6. The highest BCUT2D eigenvalue weighted by molar-refractivity contribution is 8.16. The molecule has 3 heterocycles. The highest BCUT2D eigenvalue weighted by Gasteiger charge is 2.41. The number of rotatable bonds is 8. The van der Waals surface area contributed by atoms with Crippen molar-refractivity contribution < 1.29 is 28.6 Å². The molecule has 5 rings (SSSR count). The van der Waals surface area contributed by atoms with E-state index in [1.54, 1.807) is 30.8 Å². The number of thioether (sulfide) groups is 1. The number of amides is 2. The SMILES string of the molecule is COC(=O)C1=C(C)N=C2SC=C(CC(=O)N3CCN(C(C)=O)CC3)N2[C@@H]1c1ccc(OCc2ccccc2)c(OC)c1. The summed E-state index contributed by atoms with van der Waals surface area (Å²) in [6.45, 7) is 5.70. The standard InChI is InChI=1S/C31H34N4O6S/c1-20-28(30(38)40-4)29(23-10-11-25(26(16-23)39-3)41-18-22-8-6-5-7-9-22)35-24(19-42-31(35)32-20)17-27(37)34-14-12-33(13-15-34)21(2)36/h5-11,16,19,29H,12-15,17-18H2,1-4H3/t29-/m1/s1. The Morgan fingerprint density at radius 3 is 2.36 bits per heavy atom. The number of piperazine rings is 1. The molecule has 0 unspecified atom stereocenters. The minimum Gasteiger partial charge on any atom is -0.493 e. The number of methoxy groups -OCH3 is 2. The van der Waals surface area contributed by atoms with Crippen molar-refractivity contribution in [3.8, 4) is 11.5 Å². The van der Waals surface area contributed by atoms with Gasteiger partial charge in [0.25, 0.3) is 0 Å². The predicted molar refractivity (Wildman–Crippen MR) is 160 cm³/mol. The number of ether oxygens (including phenoxy) is 3. The number of amidine groups is 1. The van der Waals surface area contributed by atoms with Crippen LogP contribution < -0.4 is 9.47 Å². The Morgan fingerprint density at radius 2 is 1.69 bits per heavy atom. The van der Waals surface area contributed by atoms with Crippen LogP contribution in [0.4, 0.5) is 0 Å². The Bertz CT molecular complexity index is 1460. The van der Waals surface area contributed by atoms with Crippen molar-refractivity contribution in [2.24, 2.45) is 4.99 Å². The fourth-order valence-corrected chi connectivity index (χ4v) is 6.27. The maximum absolute atomic E-state index is 13.4. The molecule has 2 aromatic rings. The van der Waals surface area contributed by atoms with E-state index in [4.69, 9.17) is 19.2 Å². The van der Waals surface area contributed by atoms with Gasteiger partial charge in [-0.1, -0.05) is 48.2 Å². The van der Waals surface area contributed by atoms with Crippen molar-refractivity contribution in [3.05, 3.63) is 82.0 Å². The highest BCUT2D eigenvalue weighted by Crippen LogP contribution is 2.46. The van der Waals surface area contributed by atoms with E-state index in [9.17, 15) is 14.4 Å². The third-order valence-electron chi connectivity index (χ3n) is 7.56. The number of nitrogens with zero attached hydrogens (tertiary/aromatic N) is 4. The van der Waals surface area contributed by atoms with Crippen LogP contribution in [0.5, 0.6) is 11.5 Å². The Balaban J connectivity index is 1.42. The number of allylic oxidation sites excluding steroid dienone is 1. The number of hydrogen-bond acceptors (Lipinski definition) is 9. The molecule has 3 aliphatic rings. The first-order valence-electron chi connectivity index (χ1n) is 13.7. The summed E-state index contributed by atoms with van der Waals surface area (Å²) in [5.41, 5.74) is 3.47. The van der Waals surface area contributed by atoms with Gasteiger partial charge >= 0.3 is 5.97 Å². The zero-order valence-electron chi connectivity index (χ0n) is 24.2. The van der Waals surface area contributed by atoms with Crippen LogP contribution in [0.2, 0.25) is 0 Å². The Morgan fingerprint density at radius 1 is 0.976 bits per heavy atom. The summed E-state index contributed by atoms with van der Waals surface area (Å²) in [5, 5.41) is 2.59. The van der Waals surface area contributed by atoms with Crippen LogP contribution in [-0.2, 0) is 25.7 Å². The van der Waals surface area contributed by atoms with Crippen LogP contribution in [0.1, 0.15) is 37.4 Å². The normalized spacial score (nSPS) is 18.3. The first kappa shape index (κ1) is 29.2. The van der Waals surface area contributed by atoms with Gasteiger partial charge in [0, 0.05) is 38.8 Å². The lowest BCUT2D eigenvalue weighted by Crippen LogP contribution is -2.50. The fraction of sp³-hybridized carbons (Fsp3) is 0.355. The average molecular weight is 591 g/mol. The second kappa shape index (κ2) is 12.7. The molecular formula is C31H34N4O6S. The maximum atomic E-state index is 13.4. The third kappa shape index (κ3) is 6.01. The van der Waals surface area contributed by atoms with Gasteiger partial charge < -0.3 is 28.9 Å². The van der Waals surface area contributed by atoms with Crippen molar-refractivity contribution in [3.63, 3.8) is 0 Å². The van der Waals surface area contributed by atoms with Crippen LogP contribution >= 0.6 is 11.8 Å². The number of esters is 1. The lowest BCUT2D eigenvalue weighted by atomic mass is 9.93. The number of fused-ring (bicyclic) bond motifs is 1. The lowest BCUT2D eigenvalue weighted by molar-refractivity contribution is -0.138. The molecule has 0 N–H and O–H groups in total. The molecule has 2 amide bonds. The van der Waals surface area contributed by atoms with Gasteiger partial charge in [0.15, 0.2) is 16.7 Å². The molecule has 0 bridgehead atoms. The van der Waals surface area contributed by atoms with Gasteiger partial charge in [0.05, 0.1) is 38.0 Å². The maximum Gasteiger partial charge on any atom is 0.338 e. The largest absolute Gasteiger partial charge is 0.493 e. The molecule has 220 valence electrons. The number of aliphatic imine (C=N–C) groups is 1. The van der Waals surface area contributed by atoms with E-state index in [1.165, 1.54) is 18.9 Å². The Hall–Kier alpha value is -4.25. The van der Waals surface area contributed by atoms with Gasteiger partial charge in [0.1, 0.15) is 6.61 Å². The van der Waals surface area contributed by atoms with Crippen LogP contribution in [0, 0.1) is 0 Å². The van der Waals surface area contributed by atoms with Crippen molar-refractivity contribution in [1.29, 1.82) is 0 Å². The molecule has 10 nitrogen and oxygen atoms in total.